The fourth-order valence-corrected chi connectivity index (χ4v) is 1.88. The maximum atomic E-state index is 13.3. The molecule has 1 rings (SSSR count). The van der Waals surface area contributed by atoms with E-state index in [0.717, 1.165) is 11.1 Å². The molecule has 1 nitrogen and oxygen atoms in total. The standard InChI is InChI=1S/C13H17BFO/c1-8(2)13(14-10(4)16)11-5-9(3)6-12(15)7-11/h5-8,13H,1-4H3. The van der Waals surface area contributed by atoms with Crippen molar-refractivity contribution in [1.82, 2.24) is 0 Å². The number of benzene rings is 1. The minimum atomic E-state index is -0.238. The normalized spacial score (nSPS) is 12.6. The van der Waals surface area contributed by atoms with Crippen LogP contribution in [0, 0.1) is 18.7 Å². The Morgan fingerprint density at radius 1 is 1.31 bits per heavy atom. The zero-order valence-electron chi connectivity index (χ0n) is 10.3. The van der Waals surface area contributed by atoms with Crippen LogP contribution in [0.15, 0.2) is 18.2 Å². The smallest absolute Gasteiger partial charge is 0.210 e. The summed E-state index contributed by atoms with van der Waals surface area (Å²) in [5.74, 6) is 0.0367. The monoisotopic (exact) mass is 219 g/mol. The third-order valence-corrected chi connectivity index (χ3v) is 2.58. The average Bonchev–Trinajstić information content (AvgIpc) is 2.11. The van der Waals surface area contributed by atoms with Crippen molar-refractivity contribution in [1.29, 1.82) is 0 Å². The van der Waals surface area contributed by atoms with Crippen LogP contribution < -0.4 is 0 Å². The van der Waals surface area contributed by atoms with Gasteiger partial charge < -0.3 is 4.79 Å². The van der Waals surface area contributed by atoms with Crippen molar-refractivity contribution >= 4 is 13.0 Å². The van der Waals surface area contributed by atoms with E-state index in [0.29, 0.717) is 0 Å². The lowest BCUT2D eigenvalue weighted by molar-refractivity contribution is -0.110. The summed E-state index contributed by atoms with van der Waals surface area (Å²) in [4.78, 5) is 11.2. The summed E-state index contributed by atoms with van der Waals surface area (Å²) < 4.78 is 13.3. The van der Waals surface area contributed by atoms with E-state index in [1.807, 2.05) is 26.8 Å². The highest BCUT2D eigenvalue weighted by Crippen LogP contribution is 2.25. The van der Waals surface area contributed by atoms with Gasteiger partial charge in [-0.25, -0.2) is 4.39 Å². The van der Waals surface area contributed by atoms with Gasteiger partial charge in [-0.15, -0.1) is 0 Å². The number of halogens is 1. The Kier molecular flexibility index (Phi) is 4.28. The molecule has 0 aliphatic heterocycles. The van der Waals surface area contributed by atoms with Crippen molar-refractivity contribution in [3.63, 3.8) is 0 Å². The molecule has 0 spiro atoms. The minimum absolute atomic E-state index is 0.00750. The first-order valence-corrected chi connectivity index (χ1v) is 5.52. The first-order valence-electron chi connectivity index (χ1n) is 5.52. The Morgan fingerprint density at radius 3 is 2.38 bits per heavy atom. The molecule has 1 aromatic carbocycles. The van der Waals surface area contributed by atoms with Crippen LogP contribution in [0.5, 0.6) is 0 Å². The predicted molar refractivity (Wildman–Crippen MR) is 65.2 cm³/mol. The van der Waals surface area contributed by atoms with Crippen LogP contribution in [0.3, 0.4) is 0 Å². The molecule has 0 aromatic heterocycles. The molecule has 16 heavy (non-hydrogen) atoms. The van der Waals surface area contributed by atoms with Gasteiger partial charge in [0.15, 0.2) is 0 Å². The molecular weight excluding hydrogens is 202 g/mol. The van der Waals surface area contributed by atoms with Crippen molar-refractivity contribution in [2.24, 2.45) is 5.92 Å². The first-order chi connectivity index (χ1) is 7.40. The Labute approximate surface area is 97.3 Å². The maximum Gasteiger partial charge on any atom is 0.210 e. The molecule has 0 fully saturated rings. The number of hydrogen-bond donors (Lipinski definition) is 0. The summed E-state index contributed by atoms with van der Waals surface area (Å²) in [5.41, 5.74) is 1.79. The highest BCUT2D eigenvalue weighted by Gasteiger charge is 2.20. The molecule has 0 N–H and O–H groups in total. The van der Waals surface area contributed by atoms with E-state index in [9.17, 15) is 9.18 Å². The number of carbonyl (C=O) groups excluding carboxylic acids is 1. The van der Waals surface area contributed by atoms with Crippen molar-refractivity contribution in [3.8, 4) is 0 Å². The van der Waals surface area contributed by atoms with Crippen LogP contribution in [0.4, 0.5) is 4.39 Å². The molecule has 85 valence electrons. The van der Waals surface area contributed by atoms with Crippen molar-refractivity contribution in [3.05, 3.63) is 35.1 Å². The lowest BCUT2D eigenvalue weighted by Crippen LogP contribution is -2.20. The van der Waals surface area contributed by atoms with E-state index in [-0.39, 0.29) is 23.2 Å². The topological polar surface area (TPSA) is 17.1 Å². The molecule has 0 aliphatic rings. The van der Waals surface area contributed by atoms with Crippen LogP contribution in [0.2, 0.25) is 0 Å². The molecule has 1 atom stereocenters. The molecular formula is C13H17BFO. The zero-order chi connectivity index (χ0) is 12.3. The van der Waals surface area contributed by atoms with E-state index >= 15 is 0 Å². The third kappa shape index (κ3) is 3.48. The van der Waals surface area contributed by atoms with Crippen LogP contribution in [-0.2, 0) is 4.79 Å². The van der Waals surface area contributed by atoms with Crippen LogP contribution >= 0.6 is 0 Å². The van der Waals surface area contributed by atoms with Gasteiger partial charge in [-0.05, 0) is 48.8 Å². The summed E-state index contributed by atoms with van der Waals surface area (Å²) >= 11 is 0. The van der Waals surface area contributed by atoms with Gasteiger partial charge in [0.05, 0.1) is 5.68 Å². The Bertz CT molecular complexity index is 367. The molecule has 1 aromatic rings. The fourth-order valence-electron chi connectivity index (χ4n) is 1.88. The molecule has 3 heteroatoms. The summed E-state index contributed by atoms with van der Waals surface area (Å²) in [6, 6.07) is 4.94. The largest absolute Gasteiger partial charge is 0.312 e. The van der Waals surface area contributed by atoms with E-state index in [2.05, 4.69) is 0 Å². The second kappa shape index (κ2) is 5.28. The van der Waals surface area contributed by atoms with Gasteiger partial charge >= 0.3 is 0 Å². The van der Waals surface area contributed by atoms with Gasteiger partial charge in [0, 0.05) is 0 Å². The summed E-state index contributed by atoms with van der Waals surface area (Å²) in [6.07, 6.45) is 0. The molecule has 0 bridgehead atoms. The number of carbonyl (C=O) groups is 1. The quantitative estimate of drug-likeness (QED) is 0.711. The van der Waals surface area contributed by atoms with Crippen LogP contribution in [0.1, 0.15) is 37.7 Å². The Balaban J connectivity index is 3.05. The van der Waals surface area contributed by atoms with E-state index in [4.69, 9.17) is 0 Å². The SMILES string of the molecule is CC(=O)[B]C(c1cc(C)cc(F)c1)C(C)C. The molecule has 0 amide bonds. The lowest BCUT2D eigenvalue weighted by Gasteiger charge is -2.19. The third-order valence-electron chi connectivity index (χ3n) is 2.58. The Morgan fingerprint density at radius 2 is 1.94 bits per heavy atom. The molecule has 0 heterocycles. The van der Waals surface area contributed by atoms with Crippen LogP contribution in [0.25, 0.3) is 0 Å². The molecule has 1 radical (unpaired) electrons. The zero-order valence-corrected chi connectivity index (χ0v) is 10.3. The second-order valence-electron chi connectivity index (χ2n) is 4.61. The summed E-state index contributed by atoms with van der Waals surface area (Å²) in [7, 11) is 1.67. The molecule has 0 saturated carbocycles. The van der Waals surface area contributed by atoms with Gasteiger partial charge in [0.2, 0.25) is 7.28 Å². The predicted octanol–water partition coefficient (Wildman–Crippen LogP) is 3.08. The summed E-state index contributed by atoms with van der Waals surface area (Å²) in [5, 5.41) is 0. The van der Waals surface area contributed by atoms with Crippen molar-refractivity contribution in [2.75, 3.05) is 0 Å². The lowest BCUT2D eigenvalue weighted by atomic mass is 9.55. The highest BCUT2D eigenvalue weighted by atomic mass is 19.1. The van der Waals surface area contributed by atoms with Gasteiger partial charge in [-0.3, -0.25) is 0 Å². The average molecular weight is 219 g/mol. The van der Waals surface area contributed by atoms with Crippen LogP contribution in [-0.4, -0.2) is 13.0 Å². The fraction of sp³-hybridized carbons (Fsp3) is 0.462. The van der Waals surface area contributed by atoms with Crippen molar-refractivity contribution in [2.45, 2.75) is 33.5 Å². The van der Waals surface area contributed by atoms with E-state index in [1.165, 1.54) is 19.1 Å². The molecule has 0 saturated heterocycles. The van der Waals surface area contributed by atoms with Gasteiger partial charge in [-0.1, -0.05) is 19.9 Å². The van der Waals surface area contributed by atoms with E-state index in [1.54, 1.807) is 7.28 Å². The number of rotatable bonds is 4. The first kappa shape index (κ1) is 13.0. The van der Waals surface area contributed by atoms with E-state index < -0.39 is 0 Å². The van der Waals surface area contributed by atoms with Gasteiger partial charge in [-0.2, -0.15) is 0 Å². The summed E-state index contributed by atoms with van der Waals surface area (Å²) in [6.45, 7) is 7.45. The molecule has 0 aliphatic carbocycles. The minimum Gasteiger partial charge on any atom is -0.312 e. The van der Waals surface area contributed by atoms with Gasteiger partial charge in [0.25, 0.3) is 0 Å². The Hall–Kier alpha value is -1.12. The number of hydrogen-bond acceptors (Lipinski definition) is 1. The number of aryl methyl sites for hydroxylation is 1. The maximum absolute atomic E-state index is 13.3. The molecule has 1 unspecified atom stereocenters. The van der Waals surface area contributed by atoms with Crippen molar-refractivity contribution < 1.29 is 9.18 Å². The van der Waals surface area contributed by atoms with Gasteiger partial charge in [0.1, 0.15) is 5.82 Å². The second-order valence-corrected chi connectivity index (χ2v) is 4.61. The highest BCUT2D eigenvalue weighted by molar-refractivity contribution is 6.74.